The average Bonchev–Trinajstić information content (AvgIpc) is 2.36. The SMILES string of the molecule is Cc1ccc(C(=O)CNc2cc(C)cc(C)c2)cc1. The molecule has 2 aromatic carbocycles. The molecule has 1 N–H and O–H groups in total. The first kappa shape index (κ1) is 13.3. The Morgan fingerprint density at radius 3 is 2.05 bits per heavy atom. The number of hydrogen-bond donors (Lipinski definition) is 1. The molecule has 0 unspecified atom stereocenters. The van der Waals surface area contributed by atoms with Gasteiger partial charge in [0.1, 0.15) is 0 Å². The van der Waals surface area contributed by atoms with Gasteiger partial charge in [-0.15, -0.1) is 0 Å². The fraction of sp³-hybridized carbons (Fsp3) is 0.235. The Kier molecular flexibility index (Phi) is 4.00. The number of nitrogens with one attached hydrogen (secondary N) is 1. The van der Waals surface area contributed by atoms with Crippen LogP contribution in [-0.2, 0) is 0 Å². The molecule has 2 aromatic rings. The zero-order valence-corrected chi connectivity index (χ0v) is 11.7. The van der Waals surface area contributed by atoms with E-state index in [-0.39, 0.29) is 5.78 Å². The van der Waals surface area contributed by atoms with E-state index in [2.05, 4.69) is 37.4 Å². The van der Waals surface area contributed by atoms with Crippen LogP contribution in [0, 0.1) is 20.8 Å². The van der Waals surface area contributed by atoms with E-state index in [4.69, 9.17) is 0 Å². The zero-order chi connectivity index (χ0) is 13.8. The molecule has 0 saturated carbocycles. The Morgan fingerprint density at radius 2 is 1.47 bits per heavy atom. The summed E-state index contributed by atoms with van der Waals surface area (Å²) in [5, 5.41) is 3.19. The van der Waals surface area contributed by atoms with E-state index in [0.29, 0.717) is 6.54 Å². The maximum atomic E-state index is 12.0. The predicted molar refractivity (Wildman–Crippen MR) is 79.9 cm³/mol. The minimum Gasteiger partial charge on any atom is -0.378 e. The van der Waals surface area contributed by atoms with Crippen LogP contribution < -0.4 is 5.32 Å². The molecule has 2 heteroatoms. The lowest BCUT2D eigenvalue weighted by atomic mass is 10.1. The molecule has 2 nitrogen and oxygen atoms in total. The van der Waals surface area contributed by atoms with E-state index < -0.39 is 0 Å². The van der Waals surface area contributed by atoms with Crippen molar-refractivity contribution in [2.45, 2.75) is 20.8 Å². The average molecular weight is 253 g/mol. The number of carbonyl (C=O) groups is 1. The van der Waals surface area contributed by atoms with E-state index in [1.807, 2.05) is 31.2 Å². The van der Waals surface area contributed by atoms with E-state index in [0.717, 1.165) is 11.3 Å². The first-order chi connectivity index (χ1) is 9.04. The van der Waals surface area contributed by atoms with Gasteiger partial charge in [0, 0.05) is 11.3 Å². The Bertz CT molecular complexity index is 564. The highest BCUT2D eigenvalue weighted by Gasteiger charge is 2.05. The smallest absolute Gasteiger partial charge is 0.181 e. The summed E-state index contributed by atoms with van der Waals surface area (Å²) >= 11 is 0. The number of anilines is 1. The van der Waals surface area contributed by atoms with Gasteiger partial charge in [-0.1, -0.05) is 35.9 Å². The van der Waals surface area contributed by atoms with Crippen molar-refractivity contribution in [3.05, 3.63) is 64.7 Å². The van der Waals surface area contributed by atoms with E-state index in [1.165, 1.54) is 16.7 Å². The Labute approximate surface area is 114 Å². The van der Waals surface area contributed by atoms with Crippen molar-refractivity contribution in [1.29, 1.82) is 0 Å². The molecule has 0 atom stereocenters. The largest absolute Gasteiger partial charge is 0.378 e. The minimum absolute atomic E-state index is 0.110. The van der Waals surface area contributed by atoms with Gasteiger partial charge in [0.25, 0.3) is 0 Å². The van der Waals surface area contributed by atoms with Crippen LogP contribution in [0.2, 0.25) is 0 Å². The maximum absolute atomic E-state index is 12.0. The number of ketones is 1. The quantitative estimate of drug-likeness (QED) is 0.837. The van der Waals surface area contributed by atoms with Crippen LogP contribution in [0.15, 0.2) is 42.5 Å². The number of benzene rings is 2. The third kappa shape index (κ3) is 3.68. The van der Waals surface area contributed by atoms with E-state index in [9.17, 15) is 4.79 Å². The molecule has 0 fully saturated rings. The van der Waals surface area contributed by atoms with E-state index in [1.54, 1.807) is 0 Å². The van der Waals surface area contributed by atoms with Gasteiger partial charge in [-0.2, -0.15) is 0 Å². The maximum Gasteiger partial charge on any atom is 0.181 e. The topological polar surface area (TPSA) is 29.1 Å². The van der Waals surface area contributed by atoms with Crippen LogP contribution in [0.5, 0.6) is 0 Å². The lowest BCUT2D eigenvalue weighted by Crippen LogP contribution is -2.14. The molecular formula is C17H19NO. The van der Waals surface area contributed by atoms with Gasteiger partial charge in [-0.3, -0.25) is 4.79 Å². The number of rotatable bonds is 4. The fourth-order valence-corrected chi connectivity index (χ4v) is 2.10. The van der Waals surface area contributed by atoms with Crippen molar-refractivity contribution < 1.29 is 4.79 Å². The molecule has 0 aromatic heterocycles. The molecule has 2 rings (SSSR count). The van der Waals surface area contributed by atoms with Crippen molar-refractivity contribution in [2.75, 3.05) is 11.9 Å². The highest BCUT2D eigenvalue weighted by molar-refractivity contribution is 5.99. The molecule has 0 aliphatic carbocycles. The standard InChI is InChI=1S/C17H19NO/c1-12-4-6-15(7-5-12)17(19)11-18-16-9-13(2)8-14(3)10-16/h4-10,18H,11H2,1-3H3. The second kappa shape index (κ2) is 5.70. The van der Waals surface area contributed by atoms with Crippen LogP contribution in [0.1, 0.15) is 27.0 Å². The molecule has 0 radical (unpaired) electrons. The molecule has 0 heterocycles. The molecule has 0 spiro atoms. The highest BCUT2D eigenvalue weighted by atomic mass is 16.1. The molecular weight excluding hydrogens is 234 g/mol. The number of hydrogen-bond acceptors (Lipinski definition) is 2. The first-order valence-corrected chi connectivity index (χ1v) is 6.46. The number of carbonyl (C=O) groups excluding carboxylic acids is 1. The van der Waals surface area contributed by atoms with Gasteiger partial charge in [0.2, 0.25) is 0 Å². The molecule has 0 saturated heterocycles. The van der Waals surface area contributed by atoms with Crippen molar-refractivity contribution in [2.24, 2.45) is 0 Å². The van der Waals surface area contributed by atoms with Crippen molar-refractivity contribution in [3.63, 3.8) is 0 Å². The first-order valence-electron chi connectivity index (χ1n) is 6.46. The van der Waals surface area contributed by atoms with Crippen LogP contribution in [0.25, 0.3) is 0 Å². The normalized spacial score (nSPS) is 10.3. The third-order valence-corrected chi connectivity index (χ3v) is 3.05. The van der Waals surface area contributed by atoms with Crippen LogP contribution in [-0.4, -0.2) is 12.3 Å². The van der Waals surface area contributed by atoms with Gasteiger partial charge in [-0.05, 0) is 44.0 Å². The summed E-state index contributed by atoms with van der Waals surface area (Å²) in [4.78, 5) is 12.0. The van der Waals surface area contributed by atoms with Gasteiger partial charge in [0.05, 0.1) is 6.54 Å². The lowest BCUT2D eigenvalue weighted by Gasteiger charge is -2.08. The number of Topliss-reactive ketones (excluding diaryl/α,β-unsaturated/α-hetero) is 1. The summed E-state index contributed by atoms with van der Waals surface area (Å²) in [7, 11) is 0. The molecule has 0 aliphatic rings. The van der Waals surface area contributed by atoms with Gasteiger partial charge >= 0.3 is 0 Å². The monoisotopic (exact) mass is 253 g/mol. The summed E-state index contributed by atoms with van der Waals surface area (Å²) in [5.74, 6) is 0.110. The van der Waals surface area contributed by atoms with Crippen LogP contribution in [0.4, 0.5) is 5.69 Å². The Balaban J connectivity index is 2.02. The predicted octanol–water partition coefficient (Wildman–Crippen LogP) is 3.91. The summed E-state index contributed by atoms with van der Waals surface area (Å²) in [6.45, 7) is 6.45. The molecule has 0 bridgehead atoms. The van der Waals surface area contributed by atoms with Gasteiger partial charge in [0.15, 0.2) is 5.78 Å². The third-order valence-electron chi connectivity index (χ3n) is 3.05. The Hall–Kier alpha value is -2.09. The van der Waals surface area contributed by atoms with E-state index >= 15 is 0 Å². The summed E-state index contributed by atoms with van der Waals surface area (Å²) in [5.41, 5.74) is 5.31. The molecule has 19 heavy (non-hydrogen) atoms. The van der Waals surface area contributed by atoms with Crippen molar-refractivity contribution >= 4 is 11.5 Å². The van der Waals surface area contributed by atoms with Crippen LogP contribution in [0.3, 0.4) is 0 Å². The molecule has 0 amide bonds. The molecule has 0 aliphatic heterocycles. The summed E-state index contributed by atoms with van der Waals surface area (Å²) < 4.78 is 0. The number of aryl methyl sites for hydroxylation is 3. The van der Waals surface area contributed by atoms with Gasteiger partial charge in [-0.25, -0.2) is 0 Å². The van der Waals surface area contributed by atoms with Crippen molar-refractivity contribution in [3.8, 4) is 0 Å². The summed E-state index contributed by atoms with van der Waals surface area (Å²) in [6, 6.07) is 13.9. The van der Waals surface area contributed by atoms with Crippen molar-refractivity contribution in [1.82, 2.24) is 0 Å². The lowest BCUT2D eigenvalue weighted by molar-refractivity contribution is 0.101. The second-order valence-corrected chi connectivity index (χ2v) is 5.02. The minimum atomic E-state index is 0.110. The Morgan fingerprint density at radius 1 is 0.895 bits per heavy atom. The zero-order valence-electron chi connectivity index (χ0n) is 11.7. The highest BCUT2D eigenvalue weighted by Crippen LogP contribution is 2.14. The summed E-state index contributed by atoms with van der Waals surface area (Å²) in [6.07, 6.45) is 0. The van der Waals surface area contributed by atoms with Gasteiger partial charge < -0.3 is 5.32 Å². The fourth-order valence-electron chi connectivity index (χ4n) is 2.10. The second-order valence-electron chi connectivity index (χ2n) is 5.02. The molecule has 98 valence electrons. The van der Waals surface area contributed by atoms with Crippen LogP contribution >= 0.6 is 0 Å².